The molecule has 0 aromatic heterocycles. The van der Waals surface area contributed by atoms with Gasteiger partial charge >= 0.3 is 33.0 Å². The number of hydrogen-bond acceptors (Lipinski definition) is 10. The maximum absolute atomic E-state index is 12.7. The number of thiocarbonyl (C=S) groups is 3. The monoisotopic (exact) mass is 718 g/mol. The topological polar surface area (TPSA) is 195 Å². The van der Waals surface area contributed by atoms with Gasteiger partial charge in [-0.1, -0.05) is 75.3 Å². The normalized spacial score (nSPS) is 8.80. The number of nitrogens with zero attached hydrogens (tertiary/aromatic N) is 7. The van der Waals surface area contributed by atoms with Crippen molar-refractivity contribution in [2.24, 2.45) is 9.98 Å². The van der Waals surface area contributed by atoms with E-state index in [1.807, 2.05) is 40.3 Å². The van der Waals surface area contributed by atoms with E-state index >= 15 is 0 Å². The van der Waals surface area contributed by atoms with Crippen LogP contribution in [-0.4, -0.2) is 117 Å². The molecule has 0 heterocycles. The molecule has 0 amide bonds. The third-order valence-electron chi connectivity index (χ3n) is 3.83. The van der Waals surface area contributed by atoms with Crippen LogP contribution in [0.3, 0.4) is 0 Å². The van der Waals surface area contributed by atoms with Gasteiger partial charge in [-0.2, -0.15) is 15.5 Å². The van der Waals surface area contributed by atoms with E-state index < -0.39 is 0 Å². The van der Waals surface area contributed by atoms with Crippen molar-refractivity contribution in [2.45, 2.75) is 26.2 Å². The Bertz CT molecular complexity index is 811. The van der Waals surface area contributed by atoms with Crippen LogP contribution in [0.15, 0.2) is 22.1 Å². The standard InChI is InChI=1S/C20H34N4O.3CNS.2CH4O.2Ni.H2O/c1-20(2,3)18-12-16(14-21-8-10-23(4)5)19(25)17(13-18)15-22-9-11-24(6)7;3*2-1-3;2*1-2;;;/h12-15,25H,8-11H2,1-7H3;;;;2*2H,1H3;;;1H2/q;3*-1;;;2*+3;. The van der Waals surface area contributed by atoms with Crippen molar-refractivity contribution in [1.29, 1.82) is 0 Å². The molecule has 0 spiro atoms. The zero-order chi connectivity index (χ0) is 31.2. The average Bonchev–Trinajstić information content (AvgIpc) is 2.84. The molecule has 0 aliphatic heterocycles. The van der Waals surface area contributed by atoms with Gasteiger partial charge in [-0.15, -0.1) is 0 Å². The number of hydrogen-bond donors (Lipinski definition) is 2. The van der Waals surface area contributed by atoms with Gasteiger partial charge in [-0.25, -0.2) is 0 Å². The molecule has 16 heteroatoms. The molecule has 11 nitrogen and oxygen atoms in total. The van der Waals surface area contributed by atoms with Crippen LogP contribution in [0.25, 0.3) is 16.2 Å². The van der Waals surface area contributed by atoms with Crippen molar-refractivity contribution >= 4 is 64.6 Å². The van der Waals surface area contributed by atoms with Gasteiger partial charge in [-0.05, 0) is 50.3 Å². The number of aliphatic hydroxyl groups is 2. The summed E-state index contributed by atoms with van der Waals surface area (Å²) in [5.74, 6) is -0.00444. The van der Waals surface area contributed by atoms with Crippen LogP contribution in [0.4, 0.5) is 0 Å². The van der Waals surface area contributed by atoms with E-state index in [9.17, 15) is 5.11 Å². The number of isothiocyanates is 3. The zero-order valence-electron chi connectivity index (χ0n) is 25.0. The molecule has 5 N–H and O–H groups in total. The second-order valence-corrected chi connectivity index (χ2v) is 8.73. The minimum Gasteiger partial charge on any atom is -0.872 e. The minimum atomic E-state index is -0.0356. The van der Waals surface area contributed by atoms with Crippen molar-refractivity contribution in [2.75, 3.05) is 68.6 Å². The number of aliphatic hydroxyl groups excluding tert-OH is 2. The molecule has 2 radical (unpaired) electrons. The third kappa shape index (κ3) is 43.1. The zero-order valence-corrected chi connectivity index (χ0v) is 29.4. The van der Waals surface area contributed by atoms with Crippen LogP contribution >= 0.6 is 36.7 Å². The fourth-order valence-electron chi connectivity index (χ4n) is 2.14. The predicted octanol–water partition coefficient (Wildman–Crippen LogP) is 2.28. The van der Waals surface area contributed by atoms with Gasteiger partial charge in [0.2, 0.25) is 0 Å². The Kier molecular flexibility index (Phi) is 61.9. The number of benzene rings is 1. The van der Waals surface area contributed by atoms with E-state index in [1.165, 1.54) is 15.5 Å². The second kappa shape index (κ2) is 43.0. The fourth-order valence-corrected chi connectivity index (χ4v) is 2.14. The van der Waals surface area contributed by atoms with Gasteiger partial charge in [0.25, 0.3) is 0 Å². The first-order valence-electron chi connectivity index (χ1n) is 10.9. The summed E-state index contributed by atoms with van der Waals surface area (Å²) in [4.78, 5) is 13.0. The molecule has 1 aromatic rings. The van der Waals surface area contributed by atoms with Gasteiger partial charge in [-0.3, -0.25) is 9.98 Å². The number of aliphatic imine (C=N–C) groups is 2. The molecule has 0 saturated heterocycles. The van der Waals surface area contributed by atoms with Crippen LogP contribution in [0.1, 0.15) is 37.5 Å². The first-order chi connectivity index (χ1) is 17.9. The van der Waals surface area contributed by atoms with Crippen LogP contribution < -0.4 is 5.11 Å². The Hall–Kier alpha value is -1.45. The molecule has 41 heavy (non-hydrogen) atoms. The van der Waals surface area contributed by atoms with Gasteiger partial charge < -0.3 is 46.8 Å². The largest absolute Gasteiger partial charge is 3.00 e. The Morgan fingerprint density at radius 2 is 1.02 bits per heavy atom. The third-order valence-corrected chi connectivity index (χ3v) is 3.83. The fraction of sp³-hybridized carbons (Fsp3) is 0.560. The summed E-state index contributed by atoms with van der Waals surface area (Å²) in [6.07, 6.45) is 3.41. The Morgan fingerprint density at radius 1 is 0.780 bits per heavy atom. The average molecular weight is 720 g/mol. The first kappa shape index (κ1) is 59.0. The van der Waals surface area contributed by atoms with Crippen LogP contribution in [-0.2, 0) is 43.9 Å². The van der Waals surface area contributed by atoms with Crippen molar-refractivity contribution in [3.8, 4) is 5.75 Å². The Balaban J connectivity index is -0.0000000974. The van der Waals surface area contributed by atoms with Gasteiger partial charge in [0, 0.05) is 39.7 Å². The molecule has 0 aliphatic carbocycles. The van der Waals surface area contributed by atoms with E-state index in [0.29, 0.717) is 24.2 Å². The smallest absolute Gasteiger partial charge is 0.872 e. The van der Waals surface area contributed by atoms with Crippen molar-refractivity contribution in [3.05, 3.63) is 45.1 Å². The van der Waals surface area contributed by atoms with E-state index in [2.05, 4.69) is 77.2 Å². The van der Waals surface area contributed by atoms with Crippen molar-refractivity contribution in [3.63, 3.8) is 0 Å². The molecular weight excluding hydrogens is 676 g/mol. The summed E-state index contributed by atoms with van der Waals surface area (Å²) in [5, 5.41) is 52.1. The molecule has 0 unspecified atom stereocenters. The van der Waals surface area contributed by atoms with Crippen LogP contribution in [0.5, 0.6) is 5.75 Å². The van der Waals surface area contributed by atoms with Gasteiger partial charge in [0.15, 0.2) is 0 Å². The summed E-state index contributed by atoms with van der Waals surface area (Å²) in [6.45, 7) is 9.52. The summed E-state index contributed by atoms with van der Waals surface area (Å²) < 4.78 is 0. The predicted molar refractivity (Wildman–Crippen MR) is 176 cm³/mol. The maximum atomic E-state index is 12.7. The summed E-state index contributed by atoms with van der Waals surface area (Å²) in [5.41, 5.74) is 2.36. The molecule has 0 bridgehead atoms. The molecule has 238 valence electrons. The van der Waals surface area contributed by atoms with Crippen molar-refractivity contribution in [1.82, 2.24) is 9.80 Å². The molecular formula is C25H44N7Ni2O4S3+3. The van der Waals surface area contributed by atoms with Crippen LogP contribution in [0.2, 0.25) is 0 Å². The Morgan fingerprint density at radius 3 is 1.22 bits per heavy atom. The Labute approximate surface area is 282 Å². The van der Waals surface area contributed by atoms with Gasteiger partial charge in [0.05, 0.1) is 13.1 Å². The molecule has 0 aliphatic rings. The van der Waals surface area contributed by atoms with Crippen LogP contribution in [0, 0.1) is 0 Å². The van der Waals surface area contributed by atoms with Crippen molar-refractivity contribution < 1.29 is 53.8 Å². The van der Waals surface area contributed by atoms with Gasteiger partial charge in [0.1, 0.15) is 0 Å². The SMILES string of the molecule is CN(C)CCN=Cc1cc(C(C)(C)C)cc(C=NCCN(C)C)c1[O-].CO.CO.[N-]=C=S.[N-]=C=S.[N-]=C=S.[Ni+3].[Ni+3].[OH3+]. The minimum absolute atomic E-state index is 0. The van der Waals surface area contributed by atoms with E-state index in [4.69, 9.17) is 26.4 Å². The second-order valence-electron chi connectivity index (χ2n) is 8.18. The molecule has 0 saturated carbocycles. The summed E-state index contributed by atoms with van der Waals surface area (Å²) in [6, 6.07) is 3.91. The molecule has 1 rings (SSSR count). The molecule has 0 atom stereocenters. The maximum Gasteiger partial charge on any atom is 3.00 e. The molecule has 0 fully saturated rings. The first-order valence-corrected chi connectivity index (χ1v) is 12.2. The summed E-state index contributed by atoms with van der Waals surface area (Å²) in [7, 11) is 10.0. The quantitative estimate of drug-likeness (QED) is 0.177. The molecule has 1 aromatic carbocycles. The van der Waals surface area contributed by atoms with E-state index in [-0.39, 0.29) is 49.6 Å². The summed E-state index contributed by atoms with van der Waals surface area (Å²) >= 11 is 11.1. The van der Waals surface area contributed by atoms with E-state index in [0.717, 1.165) is 32.9 Å². The number of likely N-dealkylation sites (N-methyl/N-ethyl adjacent to an activating group) is 2. The number of rotatable bonds is 8. The van der Waals surface area contributed by atoms with E-state index in [1.54, 1.807) is 12.4 Å².